The molecule has 1 aromatic rings. The Kier molecular flexibility index (Phi) is 5.41. The van der Waals surface area contributed by atoms with Crippen molar-refractivity contribution >= 4 is 28.9 Å². The summed E-state index contributed by atoms with van der Waals surface area (Å²) in [5.41, 5.74) is 1.99. The number of pyridine rings is 1. The smallest absolute Gasteiger partial charge is 0.131 e. The molecule has 0 fully saturated rings. The average Bonchev–Trinajstić information content (AvgIpc) is 2.19. The van der Waals surface area contributed by atoms with Crippen LogP contribution < -0.4 is 0 Å². The Labute approximate surface area is 113 Å². The van der Waals surface area contributed by atoms with Crippen LogP contribution in [-0.2, 0) is 6.42 Å². The van der Waals surface area contributed by atoms with Crippen molar-refractivity contribution in [3.63, 3.8) is 0 Å². The zero-order valence-corrected chi connectivity index (χ0v) is 12.0. The third-order valence-electron chi connectivity index (χ3n) is 2.60. The molecular formula is C13H18Cl2N2. The van der Waals surface area contributed by atoms with Gasteiger partial charge in [0.1, 0.15) is 5.15 Å². The molecular weight excluding hydrogens is 255 g/mol. The summed E-state index contributed by atoms with van der Waals surface area (Å²) >= 11 is 12.0. The van der Waals surface area contributed by atoms with Crippen LogP contribution in [0.5, 0.6) is 0 Å². The first-order chi connectivity index (χ1) is 7.91. The lowest BCUT2D eigenvalue weighted by atomic mass is 10.0. The second-order valence-electron chi connectivity index (χ2n) is 4.67. The Morgan fingerprint density at radius 1 is 1.41 bits per heavy atom. The fraction of sp³-hybridized carbons (Fsp3) is 0.538. The summed E-state index contributed by atoms with van der Waals surface area (Å²) in [6, 6.07) is 1.65. The monoisotopic (exact) mass is 272 g/mol. The number of halogens is 2. The van der Waals surface area contributed by atoms with Gasteiger partial charge < -0.3 is 5.41 Å². The third-order valence-corrected chi connectivity index (χ3v) is 3.13. The van der Waals surface area contributed by atoms with Crippen LogP contribution in [0.1, 0.15) is 44.9 Å². The van der Waals surface area contributed by atoms with E-state index >= 15 is 0 Å². The van der Waals surface area contributed by atoms with Gasteiger partial charge in [-0.3, -0.25) is 0 Å². The molecule has 0 aliphatic heterocycles. The largest absolute Gasteiger partial charge is 0.303 e. The van der Waals surface area contributed by atoms with E-state index < -0.39 is 0 Å². The van der Waals surface area contributed by atoms with Crippen molar-refractivity contribution in [2.75, 3.05) is 0 Å². The highest BCUT2D eigenvalue weighted by Gasteiger charge is 2.12. The van der Waals surface area contributed by atoms with E-state index in [1.54, 1.807) is 13.0 Å². The lowest BCUT2D eigenvalue weighted by molar-refractivity contribution is 0.555. The Balaban J connectivity index is 2.92. The molecule has 0 aromatic carbocycles. The van der Waals surface area contributed by atoms with Gasteiger partial charge in [-0.15, -0.1) is 0 Å². The van der Waals surface area contributed by atoms with E-state index in [1.807, 2.05) is 0 Å². The molecule has 0 saturated heterocycles. The summed E-state index contributed by atoms with van der Waals surface area (Å²) in [7, 11) is 0. The predicted octanol–water partition coefficient (Wildman–Crippen LogP) is 4.75. The fourth-order valence-electron chi connectivity index (χ4n) is 1.75. The standard InChI is InChI=1S/C13H18Cl2N2/c1-8(2)5-4-6-10-11(14)7-12(15)17-13(10)9(3)16/h7-8,16H,4-6H2,1-3H3. The van der Waals surface area contributed by atoms with Gasteiger partial charge in [0, 0.05) is 5.02 Å². The van der Waals surface area contributed by atoms with Crippen molar-refractivity contribution in [2.24, 2.45) is 5.92 Å². The van der Waals surface area contributed by atoms with Gasteiger partial charge in [0.15, 0.2) is 0 Å². The first kappa shape index (κ1) is 14.5. The highest BCUT2D eigenvalue weighted by atomic mass is 35.5. The SMILES string of the molecule is CC(=N)c1nc(Cl)cc(Cl)c1CCCC(C)C. The maximum Gasteiger partial charge on any atom is 0.131 e. The number of nitrogens with zero attached hydrogens (tertiary/aromatic N) is 1. The van der Waals surface area contributed by atoms with E-state index in [2.05, 4.69) is 18.8 Å². The van der Waals surface area contributed by atoms with E-state index in [0.717, 1.165) is 24.8 Å². The van der Waals surface area contributed by atoms with Gasteiger partial charge in [0.2, 0.25) is 0 Å². The number of hydrogen-bond donors (Lipinski definition) is 1. The van der Waals surface area contributed by atoms with Crippen LogP contribution in [0.2, 0.25) is 10.2 Å². The summed E-state index contributed by atoms with van der Waals surface area (Å²) in [4.78, 5) is 4.19. The predicted molar refractivity (Wildman–Crippen MR) is 74.5 cm³/mol. The van der Waals surface area contributed by atoms with Crippen LogP contribution in [0.25, 0.3) is 0 Å². The lowest BCUT2D eigenvalue weighted by Crippen LogP contribution is -2.05. The molecule has 1 aromatic heterocycles. The quantitative estimate of drug-likeness (QED) is 0.609. The first-order valence-electron chi connectivity index (χ1n) is 5.82. The van der Waals surface area contributed by atoms with Gasteiger partial charge in [0.05, 0.1) is 11.4 Å². The minimum atomic E-state index is 0.351. The van der Waals surface area contributed by atoms with Gasteiger partial charge in [-0.25, -0.2) is 4.98 Å². The lowest BCUT2D eigenvalue weighted by Gasteiger charge is -2.11. The average molecular weight is 273 g/mol. The molecule has 0 atom stereocenters. The van der Waals surface area contributed by atoms with Crippen LogP contribution in [0, 0.1) is 11.3 Å². The molecule has 1 heterocycles. The van der Waals surface area contributed by atoms with Gasteiger partial charge in [-0.2, -0.15) is 0 Å². The van der Waals surface area contributed by atoms with E-state index in [-0.39, 0.29) is 0 Å². The Hall–Kier alpha value is -0.600. The maximum absolute atomic E-state index is 7.71. The van der Waals surface area contributed by atoms with Crippen LogP contribution in [0.3, 0.4) is 0 Å². The van der Waals surface area contributed by atoms with E-state index in [0.29, 0.717) is 27.5 Å². The molecule has 0 aliphatic carbocycles. The van der Waals surface area contributed by atoms with Crippen molar-refractivity contribution in [3.05, 3.63) is 27.5 Å². The minimum absolute atomic E-state index is 0.351. The topological polar surface area (TPSA) is 36.7 Å². The van der Waals surface area contributed by atoms with Gasteiger partial charge in [-0.05, 0) is 37.3 Å². The molecule has 2 nitrogen and oxygen atoms in total. The number of rotatable bonds is 5. The van der Waals surface area contributed by atoms with Crippen molar-refractivity contribution in [1.29, 1.82) is 5.41 Å². The summed E-state index contributed by atoms with van der Waals surface area (Å²) in [5.74, 6) is 0.679. The molecule has 1 rings (SSSR count). The Bertz CT molecular complexity index is 414. The number of hydrogen-bond acceptors (Lipinski definition) is 2. The maximum atomic E-state index is 7.71. The van der Waals surface area contributed by atoms with Crippen molar-refractivity contribution in [3.8, 4) is 0 Å². The van der Waals surface area contributed by atoms with Gasteiger partial charge in [-0.1, -0.05) is 43.5 Å². The van der Waals surface area contributed by atoms with Crippen LogP contribution >= 0.6 is 23.2 Å². The second-order valence-corrected chi connectivity index (χ2v) is 5.46. The summed E-state index contributed by atoms with van der Waals surface area (Å²) in [5, 5.41) is 8.68. The van der Waals surface area contributed by atoms with Crippen LogP contribution in [0.15, 0.2) is 6.07 Å². The zero-order valence-electron chi connectivity index (χ0n) is 10.5. The Morgan fingerprint density at radius 2 is 2.06 bits per heavy atom. The van der Waals surface area contributed by atoms with E-state index in [9.17, 15) is 0 Å². The molecule has 0 saturated carbocycles. The number of aromatic nitrogens is 1. The van der Waals surface area contributed by atoms with Crippen molar-refractivity contribution in [1.82, 2.24) is 4.98 Å². The van der Waals surface area contributed by atoms with E-state index in [4.69, 9.17) is 28.6 Å². The van der Waals surface area contributed by atoms with Gasteiger partial charge in [0.25, 0.3) is 0 Å². The molecule has 1 N–H and O–H groups in total. The molecule has 0 aliphatic rings. The molecule has 0 unspecified atom stereocenters. The summed E-state index contributed by atoms with van der Waals surface area (Å²) in [6.45, 7) is 6.11. The number of nitrogens with one attached hydrogen (secondary N) is 1. The van der Waals surface area contributed by atoms with E-state index in [1.165, 1.54) is 0 Å². The molecule has 0 bridgehead atoms. The van der Waals surface area contributed by atoms with Crippen molar-refractivity contribution in [2.45, 2.75) is 40.0 Å². The molecule has 0 radical (unpaired) electrons. The summed E-state index contributed by atoms with van der Waals surface area (Å²) in [6.07, 6.45) is 3.06. The summed E-state index contributed by atoms with van der Waals surface area (Å²) < 4.78 is 0. The molecule has 17 heavy (non-hydrogen) atoms. The highest BCUT2D eigenvalue weighted by Crippen LogP contribution is 2.25. The molecule has 94 valence electrons. The van der Waals surface area contributed by atoms with Crippen molar-refractivity contribution < 1.29 is 0 Å². The first-order valence-corrected chi connectivity index (χ1v) is 6.57. The molecule has 0 amide bonds. The molecule has 0 spiro atoms. The second kappa shape index (κ2) is 6.36. The highest BCUT2D eigenvalue weighted by molar-refractivity contribution is 6.35. The normalized spacial score (nSPS) is 10.9. The third kappa shape index (κ3) is 4.29. The minimum Gasteiger partial charge on any atom is -0.303 e. The Morgan fingerprint density at radius 3 is 2.59 bits per heavy atom. The van der Waals surface area contributed by atoms with Crippen LogP contribution in [-0.4, -0.2) is 10.7 Å². The zero-order chi connectivity index (χ0) is 13.0. The molecule has 4 heteroatoms. The van der Waals surface area contributed by atoms with Crippen LogP contribution in [0.4, 0.5) is 0 Å². The van der Waals surface area contributed by atoms with Gasteiger partial charge >= 0.3 is 0 Å². The fourth-order valence-corrected chi connectivity index (χ4v) is 2.28.